The van der Waals surface area contributed by atoms with Crippen molar-refractivity contribution >= 4 is 81.3 Å². The van der Waals surface area contributed by atoms with E-state index < -0.39 is 92.5 Å². The number of fused-ring (bicyclic) bond motifs is 21. The Morgan fingerprint density at radius 2 is 0.938 bits per heavy atom. The molecule has 3 aliphatic heterocycles. The number of benzene rings is 3. The highest BCUT2D eigenvalue weighted by molar-refractivity contribution is 8.01. The van der Waals surface area contributed by atoms with Crippen LogP contribution in [0.2, 0.25) is 0 Å². The lowest BCUT2D eigenvalue weighted by Gasteiger charge is -2.60. The van der Waals surface area contributed by atoms with E-state index in [0.717, 1.165) is 125 Å². The Kier molecular flexibility index (Phi) is 23.2. The van der Waals surface area contributed by atoms with Crippen LogP contribution in [0.25, 0.3) is 33.8 Å². The van der Waals surface area contributed by atoms with E-state index in [2.05, 4.69) is 46.5 Å². The number of carbonyl (C=O) groups excluding carboxylic acids is 6. The molecule has 3 N–H and O–H groups in total. The van der Waals surface area contributed by atoms with Crippen LogP contribution in [0.5, 0.6) is 0 Å². The fourth-order valence-electron chi connectivity index (χ4n) is 28.2. The van der Waals surface area contributed by atoms with Crippen molar-refractivity contribution in [3.8, 4) is 33.8 Å². The topological polar surface area (TPSA) is 270 Å². The highest BCUT2D eigenvalue weighted by Gasteiger charge is 2.80. The first-order valence-corrected chi connectivity index (χ1v) is 49.7. The smallest absolute Gasteiger partial charge is 0.417 e. The molecule has 15 aliphatic rings. The van der Waals surface area contributed by atoms with Gasteiger partial charge in [0, 0.05) is 78.5 Å². The van der Waals surface area contributed by atoms with Gasteiger partial charge in [0.25, 0.3) is 5.22 Å². The van der Waals surface area contributed by atoms with Crippen molar-refractivity contribution in [1.82, 2.24) is 15.0 Å². The summed E-state index contributed by atoms with van der Waals surface area (Å²) >= 11 is 5.39. The average molecular weight is 1840 g/mol. The van der Waals surface area contributed by atoms with Crippen molar-refractivity contribution in [2.75, 3.05) is 17.3 Å². The van der Waals surface area contributed by atoms with Gasteiger partial charge in [-0.2, -0.15) is 13.2 Å². The SMILES string of the molecule is CC1(C)O[C@@H]2CC3C4CCC5=CC(=O)C=CC5(C)C4[C@@H](O)CC3(C)[C@]2(C(=O)CSc2ccc(C(F)(F)F)cn2)O1.CC1(C)O[C@@H]2CC3C4CCC5=CC(=O)C=CC5(C)C4[C@@H](O)CC3(C)[C@]2(C(=O)CSc2nc(-c3ccccc3)cs2)O1.CCC[C@@H]1O[C@@H]2CC3C4CCC5=CC(=O)C=CC5(C)C4[C@@H](O)CC3(C)[C@]2(C(=O)CSc2nc(-c3ccccc3)c(-c3ccccc3)o2)O1. The number of halogens is 3. The molecule has 15 unspecified atom stereocenters. The predicted molar refractivity (Wildman–Crippen MR) is 484 cm³/mol. The molecule has 26 heteroatoms. The average Bonchev–Trinajstić information content (AvgIpc) is 1.52. The van der Waals surface area contributed by atoms with Crippen LogP contribution in [-0.4, -0.2) is 154 Å². The molecule has 3 aromatic heterocycles. The summed E-state index contributed by atoms with van der Waals surface area (Å²) in [4.78, 5) is 93.7. The van der Waals surface area contributed by atoms with E-state index in [1.54, 1.807) is 61.6 Å². The molecule has 0 radical (unpaired) electrons. The van der Waals surface area contributed by atoms with Gasteiger partial charge in [-0.25, -0.2) is 15.0 Å². The van der Waals surface area contributed by atoms with Crippen LogP contribution >= 0.6 is 46.6 Å². The summed E-state index contributed by atoms with van der Waals surface area (Å²) in [7, 11) is 0. The lowest BCUT2D eigenvalue weighted by molar-refractivity contribution is -0.223. The molecule has 3 saturated heterocycles. The minimum absolute atomic E-state index is 0.00925. The number of allylic oxidation sites excluding steroid dienone is 12. The van der Waals surface area contributed by atoms with E-state index in [4.69, 9.17) is 42.8 Å². The number of pyridine rings is 1. The number of aliphatic hydroxyl groups excluding tert-OH is 3. The van der Waals surface area contributed by atoms with Crippen molar-refractivity contribution in [2.24, 2.45) is 85.8 Å². The van der Waals surface area contributed by atoms with Crippen molar-refractivity contribution in [2.45, 2.75) is 258 Å². The summed E-state index contributed by atoms with van der Waals surface area (Å²) in [6, 6.07) is 32.2. The van der Waals surface area contributed by atoms with Gasteiger partial charge >= 0.3 is 6.18 Å². The van der Waals surface area contributed by atoms with Gasteiger partial charge in [-0.1, -0.05) is 216 Å². The molecule has 0 amide bonds. The Bertz CT molecular complexity index is 5580. The molecule has 25 atom stereocenters. The number of aliphatic hydroxyl groups is 3. The molecule has 6 heterocycles. The summed E-state index contributed by atoms with van der Waals surface area (Å²) in [6.07, 6.45) is 18.6. The molecular weight excluding hydrogens is 1720 g/mol. The zero-order chi connectivity index (χ0) is 90.9. The lowest BCUT2D eigenvalue weighted by atomic mass is 9.46. The second-order valence-electron chi connectivity index (χ2n) is 41.0. The molecule has 0 bridgehead atoms. The second-order valence-corrected chi connectivity index (χ2v) is 45.0. The number of carbonyl (C=O) groups is 6. The molecule has 9 saturated carbocycles. The predicted octanol–water partition coefficient (Wildman–Crippen LogP) is 19.6. The summed E-state index contributed by atoms with van der Waals surface area (Å²) < 4.78 is 85.8. The Morgan fingerprint density at radius 1 is 0.512 bits per heavy atom. The van der Waals surface area contributed by atoms with Crippen LogP contribution in [0, 0.1) is 85.8 Å². The fraction of sp³-hybridized carbons (Fsp3) is 0.544. The standard InChI is InChI=1S/C40H43NO6S.C33H37NO5S2.C30H34F3NO5S/c1-4-11-33-45-32-21-29-28-17-16-26-20-27(42)18-19-38(26,2)34(28)30(43)22-39(29,3)40(32,47-33)31(44)23-48-37-41-35(24-12-7-5-8-13-24)36(46-37)25-14-9-6-10-15-25;1-30(2)38-27-15-23-22-11-10-20-14-21(35)12-13-31(20,3)28(22)25(36)16-32(23,4)33(27,39-30)26(37)18-41-29-34-24(17-40-29)19-8-6-5-7-9-19;1-26(2)38-23-12-20-19-7-5-16-11-18(35)9-10-27(16,3)25(19)21(36)13-28(20,4)29(23,39-26)22(37)15-40-24-8-6-17(14-34-24)30(31,32)33/h5-10,12-15,18-20,28-30,32-34,43H,4,11,16-17,21-23H2,1-3H3;5-9,12-14,17,22-23,25,27-28,36H,10-11,15-16,18H2,1-4H3;6,8-11,14,19-21,23,25,36H,5,7,12-13,15H2,1-4H3/t28?,29?,30-,32+,33+,34?,38?,39?,40+;22?,23?,25-,27+,28?,31?,32?,33+;19?,20?,21-,23+,25?,27?,28?,29+/m000/s1. The van der Waals surface area contributed by atoms with Gasteiger partial charge < -0.3 is 48.2 Å². The first-order chi connectivity index (χ1) is 61.2. The summed E-state index contributed by atoms with van der Waals surface area (Å²) in [5.74, 6) is -0.409. The van der Waals surface area contributed by atoms with E-state index >= 15 is 0 Å². The van der Waals surface area contributed by atoms with E-state index in [-0.39, 0.29) is 128 Å². The minimum Gasteiger partial charge on any atom is -0.431 e. The zero-order valence-corrected chi connectivity index (χ0v) is 77.9. The summed E-state index contributed by atoms with van der Waals surface area (Å²) in [6.45, 7) is 22.3. The number of aromatic nitrogens is 3. The van der Waals surface area contributed by atoms with Gasteiger partial charge in [0.2, 0.25) is 0 Å². The van der Waals surface area contributed by atoms with Crippen molar-refractivity contribution in [3.05, 3.63) is 192 Å². The van der Waals surface area contributed by atoms with Crippen LogP contribution in [0.3, 0.4) is 0 Å². The number of rotatable bonds is 17. The molecular formula is C103H114F3N3O16S4. The van der Waals surface area contributed by atoms with Gasteiger partial charge in [0.15, 0.2) is 79.5 Å². The number of ketones is 6. The van der Waals surface area contributed by atoms with E-state index in [0.29, 0.717) is 54.5 Å². The van der Waals surface area contributed by atoms with E-state index in [1.165, 1.54) is 29.6 Å². The van der Waals surface area contributed by atoms with Gasteiger partial charge in [-0.05, 0) is 195 Å². The lowest BCUT2D eigenvalue weighted by Crippen LogP contribution is -2.63. The minimum atomic E-state index is -4.48. The van der Waals surface area contributed by atoms with E-state index in [9.17, 15) is 57.3 Å². The van der Waals surface area contributed by atoms with Crippen LogP contribution < -0.4 is 0 Å². The first-order valence-electron chi connectivity index (χ1n) is 45.9. The van der Waals surface area contributed by atoms with Gasteiger partial charge in [0.1, 0.15) is 5.69 Å². The van der Waals surface area contributed by atoms with Gasteiger partial charge in [-0.3, -0.25) is 28.8 Å². The largest absolute Gasteiger partial charge is 0.431 e. The number of alkyl halides is 3. The number of thiazole rings is 1. The number of hydrogen-bond acceptors (Lipinski definition) is 23. The molecule has 3 aromatic carbocycles. The number of oxazole rings is 1. The summed E-state index contributed by atoms with van der Waals surface area (Å²) in [5, 5.41) is 38.5. The maximum absolute atomic E-state index is 14.8. The van der Waals surface area contributed by atoms with Crippen LogP contribution in [0.15, 0.2) is 205 Å². The third-order valence-corrected chi connectivity index (χ3v) is 37.1. The molecule has 682 valence electrons. The number of Topliss-reactive ketones (excluding diaryl/α,β-unsaturated/α-hetero) is 3. The Hall–Kier alpha value is -7.41. The van der Waals surface area contributed by atoms with Crippen LogP contribution in [-0.2, 0) is 63.4 Å². The fourth-order valence-corrected chi connectivity index (χ4v) is 31.5. The molecule has 0 spiro atoms. The quantitative estimate of drug-likeness (QED) is 0.0716. The van der Waals surface area contributed by atoms with Crippen molar-refractivity contribution in [1.29, 1.82) is 0 Å². The highest BCUT2D eigenvalue weighted by Crippen LogP contribution is 2.75. The Balaban J connectivity index is 0.000000126. The number of ether oxygens (including phenoxy) is 6. The third kappa shape index (κ3) is 14.7. The van der Waals surface area contributed by atoms with Gasteiger partial charge in [0.05, 0.1) is 70.2 Å². The summed E-state index contributed by atoms with van der Waals surface area (Å²) in [5.41, 5.74) is 0.333. The highest BCUT2D eigenvalue weighted by atomic mass is 32.2. The normalized spacial score (nSPS) is 39.3. The third-order valence-electron chi connectivity index (χ3n) is 33.3. The van der Waals surface area contributed by atoms with E-state index in [1.807, 2.05) is 135 Å². The number of thioether (sulfide) groups is 3. The Labute approximate surface area is 768 Å². The molecule has 12 aliphatic carbocycles. The molecule has 129 heavy (non-hydrogen) atoms. The molecule has 6 aromatic rings. The van der Waals surface area contributed by atoms with Crippen molar-refractivity contribution in [3.63, 3.8) is 0 Å². The van der Waals surface area contributed by atoms with Crippen LogP contribution in [0.1, 0.15) is 172 Å². The maximum Gasteiger partial charge on any atom is 0.417 e. The van der Waals surface area contributed by atoms with Crippen LogP contribution in [0.4, 0.5) is 13.2 Å². The number of hydrogen-bond donors (Lipinski definition) is 3. The van der Waals surface area contributed by atoms with Crippen molar-refractivity contribution < 1.29 is 90.1 Å². The number of nitrogens with zero attached hydrogens (tertiary/aromatic N) is 3. The van der Waals surface area contributed by atoms with Gasteiger partial charge in [-0.15, -0.1) is 11.3 Å². The molecule has 19 nitrogen and oxygen atoms in total. The molecule has 12 fully saturated rings. The Morgan fingerprint density at radius 3 is 1.39 bits per heavy atom. The maximum atomic E-state index is 14.8. The first kappa shape index (κ1) is 90.7. The zero-order valence-electron chi connectivity index (χ0n) is 74.7. The second kappa shape index (κ2) is 33.0. The molecule has 21 rings (SSSR count). The monoisotopic (exact) mass is 1830 g/mol.